The van der Waals surface area contributed by atoms with Gasteiger partial charge in [0.2, 0.25) is 5.91 Å². The Hall–Kier alpha value is -1.82. The molecular formula is C10H10N2O. The molecule has 1 rings (SSSR count). The van der Waals surface area contributed by atoms with Crippen molar-refractivity contribution < 1.29 is 4.79 Å². The van der Waals surface area contributed by atoms with Gasteiger partial charge in [-0.15, -0.1) is 0 Å². The number of aryl methyl sites for hydroxylation is 1. The summed E-state index contributed by atoms with van der Waals surface area (Å²) in [5.41, 5.74) is 6.50. The van der Waals surface area contributed by atoms with Crippen molar-refractivity contribution in [3.8, 4) is 11.8 Å². The number of nitrogens with two attached hydrogens (primary N) is 1. The smallest absolute Gasteiger partial charge is 0.229 e. The standard InChI is InChI=1S/C10H10N2O/c1-8-4-2-5-9(12-8)6-3-7-10(11)13/h2,4-5H,7H2,1H3,(H2,11,13). The number of pyridine rings is 1. The summed E-state index contributed by atoms with van der Waals surface area (Å²) in [7, 11) is 0. The lowest BCUT2D eigenvalue weighted by Crippen LogP contribution is -2.08. The predicted octanol–water partition coefficient (Wildman–Crippen LogP) is 0.617. The number of rotatable bonds is 1. The molecule has 0 unspecified atom stereocenters. The van der Waals surface area contributed by atoms with Crippen molar-refractivity contribution in [2.75, 3.05) is 0 Å². The van der Waals surface area contributed by atoms with E-state index in [9.17, 15) is 4.79 Å². The molecule has 1 amide bonds. The van der Waals surface area contributed by atoms with E-state index in [0.717, 1.165) is 5.69 Å². The van der Waals surface area contributed by atoms with Gasteiger partial charge in [-0.2, -0.15) is 0 Å². The Morgan fingerprint density at radius 2 is 2.38 bits per heavy atom. The minimum atomic E-state index is -0.417. The van der Waals surface area contributed by atoms with E-state index < -0.39 is 5.91 Å². The molecule has 66 valence electrons. The minimum Gasteiger partial charge on any atom is -0.369 e. The zero-order valence-corrected chi connectivity index (χ0v) is 7.37. The molecule has 3 nitrogen and oxygen atoms in total. The van der Waals surface area contributed by atoms with Crippen molar-refractivity contribution in [3.63, 3.8) is 0 Å². The lowest BCUT2D eigenvalue weighted by atomic mass is 10.3. The normalized spacial score (nSPS) is 8.69. The number of hydrogen-bond acceptors (Lipinski definition) is 2. The highest BCUT2D eigenvalue weighted by atomic mass is 16.1. The third-order valence-electron chi connectivity index (χ3n) is 1.37. The van der Waals surface area contributed by atoms with E-state index in [4.69, 9.17) is 5.73 Å². The first kappa shape index (κ1) is 9.27. The molecule has 0 aliphatic carbocycles. The van der Waals surface area contributed by atoms with Crippen LogP contribution in [-0.2, 0) is 4.79 Å². The molecule has 0 fully saturated rings. The summed E-state index contributed by atoms with van der Waals surface area (Å²) in [5.74, 6) is 4.98. The van der Waals surface area contributed by atoms with Crippen molar-refractivity contribution in [3.05, 3.63) is 29.6 Å². The average Bonchev–Trinajstić information content (AvgIpc) is 2.03. The van der Waals surface area contributed by atoms with Gasteiger partial charge in [0, 0.05) is 5.69 Å². The molecule has 0 bridgehead atoms. The fraction of sp³-hybridized carbons (Fsp3) is 0.200. The molecule has 1 heterocycles. The summed E-state index contributed by atoms with van der Waals surface area (Å²) in [6.07, 6.45) is 0.0790. The molecule has 0 atom stereocenters. The fourth-order valence-corrected chi connectivity index (χ4v) is 0.835. The first-order valence-corrected chi connectivity index (χ1v) is 3.89. The monoisotopic (exact) mass is 174 g/mol. The Morgan fingerprint density at radius 3 is 3.00 bits per heavy atom. The van der Waals surface area contributed by atoms with Gasteiger partial charge in [0.25, 0.3) is 0 Å². The summed E-state index contributed by atoms with van der Waals surface area (Å²) >= 11 is 0. The molecule has 1 aromatic heterocycles. The average molecular weight is 174 g/mol. The summed E-state index contributed by atoms with van der Waals surface area (Å²) < 4.78 is 0. The number of nitrogens with zero attached hydrogens (tertiary/aromatic N) is 1. The molecule has 0 radical (unpaired) electrons. The lowest BCUT2D eigenvalue weighted by molar-refractivity contribution is -0.117. The Kier molecular flexibility index (Phi) is 3.04. The second kappa shape index (κ2) is 4.27. The van der Waals surface area contributed by atoms with Crippen molar-refractivity contribution in [2.45, 2.75) is 13.3 Å². The van der Waals surface area contributed by atoms with Crippen LogP contribution in [0.15, 0.2) is 18.2 Å². The van der Waals surface area contributed by atoms with Gasteiger partial charge in [-0.25, -0.2) is 4.98 Å². The molecule has 0 aliphatic rings. The number of amides is 1. The first-order valence-electron chi connectivity index (χ1n) is 3.89. The predicted molar refractivity (Wildman–Crippen MR) is 49.7 cm³/mol. The Labute approximate surface area is 77.0 Å². The molecule has 0 saturated carbocycles. The molecule has 0 saturated heterocycles. The van der Waals surface area contributed by atoms with Crippen LogP contribution in [0.4, 0.5) is 0 Å². The topological polar surface area (TPSA) is 56.0 Å². The van der Waals surface area contributed by atoms with Gasteiger partial charge in [0.15, 0.2) is 0 Å². The number of hydrogen-bond donors (Lipinski definition) is 1. The van der Waals surface area contributed by atoms with Gasteiger partial charge in [-0.05, 0) is 25.0 Å². The maximum Gasteiger partial charge on any atom is 0.229 e. The Bertz CT molecular complexity index is 374. The molecule has 0 aromatic carbocycles. The van der Waals surface area contributed by atoms with E-state index in [2.05, 4.69) is 16.8 Å². The van der Waals surface area contributed by atoms with Gasteiger partial charge in [-0.1, -0.05) is 12.0 Å². The maximum absolute atomic E-state index is 10.4. The van der Waals surface area contributed by atoms with Crippen LogP contribution >= 0.6 is 0 Å². The summed E-state index contributed by atoms with van der Waals surface area (Å²) in [5, 5.41) is 0. The van der Waals surface area contributed by atoms with Gasteiger partial charge in [-0.3, -0.25) is 4.79 Å². The summed E-state index contributed by atoms with van der Waals surface area (Å²) in [4.78, 5) is 14.5. The molecule has 1 aromatic rings. The first-order chi connectivity index (χ1) is 6.18. The Balaban J connectivity index is 2.72. The van der Waals surface area contributed by atoms with Crippen LogP contribution in [0.3, 0.4) is 0 Å². The van der Waals surface area contributed by atoms with Gasteiger partial charge in [0.05, 0.1) is 6.42 Å². The highest BCUT2D eigenvalue weighted by molar-refractivity contribution is 5.76. The second-order valence-electron chi connectivity index (χ2n) is 2.61. The van der Waals surface area contributed by atoms with Crippen molar-refractivity contribution in [1.82, 2.24) is 4.98 Å². The fourth-order valence-electron chi connectivity index (χ4n) is 0.835. The number of primary amides is 1. The quantitative estimate of drug-likeness (QED) is 0.634. The molecule has 13 heavy (non-hydrogen) atoms. The highest BCUT2D eigenvalue weighted by Crippen LogP contribution is 1.95. The van der Waals surface area contributed by atoms with E-state index in [0.29, 0.717) is 5.69 Å². The van der Waals surface area contributed by atoms with Crippen LogP contribution < -0.4 is 5.73 Å². The van der Waals surface area contributed by atoms with Crippen LogP contribution in [-0.4, -0.2) is 10.9 Å². The Morgan fingerprint density at radius 1 is 1.62 bits per heavy atom. The van der Waals surface area contributed by atoms with Gasteiger partial charge in [0.1, 0.15) is 5.69 Å². The number of carbonyl (C=O) groups excluding carboxylic acids is 1. The van der Waals surface area contributed by atoms with Crippen LogP contribution in [0.25, 0.3) is 0 Å². The third-order valence-corrected chi connectivity index (χ3v) is 1.37. The number of aromatic nitrogens is 1. The van der Waals surface area contributed by atoms with E-state index in [1.54, 1.807) is 6.07 Å². The SMILES string of the molecule is Cc1cccc(C#CCC(N)=O)n1. The van der Waals surface area contributed by atoms with Crippen molar-refractivity contribution in [1.29, 1.82) is 0 Å². The van der Waals surface area contributed by atoms with Gasteiger partial charge < -0.3 is 5.73 Å². The van der Waals surface area contributed by atoms with Gasteiger partial charge >= 0.3 is 0 Å². The summed E-state index contributed by atoms with van der Waals surface area (Å²) in [6.45, 7) is 1.89. The molecule has 0 spiro atoms. The number of carbonyl (C=O) groups is 1. The zero-order valence-electron chi connectivity index (χ0n) is 7.37. The van der Waals surface area contributed by atoms with Crippen LogP contribution in [0.5, 0.6) is 0 Å². The lowest BCUT2D eigenvalue weighted by Gasteiger charge is -1.90. The third kappa shape index (κ3) is 3.39. The minimum absolute atomic E-state index is 0.0790. The van der Waals surface area contributed by atoms with Crippen molar-refractivity contribution >= 4 is 5.91 Å². The second-order valence-corrected chi connectivity index (χ2v) is 2.61. The van der Waals surface area contributed by atoms with E-state index in [-0.39, 0.29) is 6.42 Å². The van der Waals surface area contributed by atoms with Crippen LogP contribution in [0.1, 0.15) is 17.8 Å². The zero-order chi connectivity index (χ0) is 9.68. The molecule has 0 aliphatic heterocycles. The van der Waals surface area contributed by atoms with Crippen LogP contribution in [0, 0.1) is 18.8 Å². The highest BCUT2D eigenvalue weighted by Gasteiger charge is 1.89. The largest absolute Gasteiger partial charge is 0.369 e. The van der Waals surface area contributed by atoms with E-state index >= 15 is 0 Å². The molecule has 2 N–H and O–H groups in total. The summed E-state index contributed by atoms with van der Waals surface area (Å²) in [6, 6.07) is 5.55. The molecular weight excluding hydrogens is 164 g/mol. The van der Waals surface area contributed by atoms with Crippen LogP contribution in [0.2, 0.25) is 0 Å². The van der Waals surface area contributed by atoms with Crippen molar-refractivity contribution in [2.24, 2.45) is 5.73 Å². The van der Waals surface area contributed by atoms with E-state index in [1.165, 1.54) is 0 Å². The maximum atomic E-state index is 10.4. The molecule has 3 heteroatoms. The van der Waals surface area contributed by atoms with E-state index in [1.807, 2.05) is 19.1 Å².